The van der Waals surface area contributed by atoms with Crippen LogP contribution < -0.4 is 4.74 Å². The summed E-state index contributed by atoms with van der Waals surface area (Å²) in [6.07, 6.45) is 1.21. The molecule has 2 amide bonds. The average molecular weight is 478 g/mol. The van der Waals surface area contributed by atoms with Gasteiger partial charge in [0.05, 0.1) is 7.11 Å². The van der Waals surface area contributed by atoms with Crippen LogP contribution in [0.25, 0.3) is 0 Å². The van der Waals surface area contributed by atoms with Gasteiger partial charge >= 0.3 is 6.03 Å². The van der Waals surface area contributed by atoms with Gasteiger partial charge in [0, 0.05) is 43.8 Å². The van der Waals surface area contributed by atoms with Crippen molar-refractivity contribution in [1.29, 1.82) is 0 Å². The molecule has 4 rings (SSSR count). The minimum absolute atomic E-state index is 0.0318. The molecule has 2 saturated heterocycles. The maximum absolute atomic E-state index is 13.2. The van der Waals surface area contributed by atoms with Crippen molar-refractivity contribution < 1.29 is 17.9 Å². The van der Waals surface area contributed by atoms with E-state index in [-0.39, 0.29) is 22.7 Å². The molecule has 0 bridgehead atoms. The third-order valence-electron chi connectivity index (χ3n) is 6.19. The number of urea groups is 1. The molecule has 0 radical (unpaired) electrons. The Bertz CT molecular complexity index is 1100. The van der Waals surface area contributed by atoms with E-state index < -0.39 is 10.0 Å². The van der Waals surface area contributed by atoms with Gasteiger partial charge in [-0.2, -0.15) is 4.31 Å². The lowest BCUT2D eigenvalue weighted by Gasteiger charge is -2.36. The van der Waals surface area contributed by atoms with Crippen molar-refractivity contribution in [3.8, 4) is 5.75 Å². The molecule has 0 N–H and O–H groups in total. The molecule has 2 aliphatic heterocycles. The standard InChI is InChI=1S/C23H28ClN3O4S/c1-17-4-3-5-18(14-17)16-25-12-13-27(23(25)28)20-8-10-26(11-9-20)32(29,30)22-15-19(24)6-7-21(22)31-2/h3-7,14-15,20H,8-13,16H2,1-2H3. The first-order chi connectivity index (χ1) is 15.3. The first kappa shape index (κ1) is 22.9. The van der Waals surface area contributed by atoms with Crippen LogP contribution >= 0.6 is 11.6 Å². The van der Waals surface area contributed by atoms with Gasteiger partial charge in [0.2, 0.25) is 10.0 Å². The number of amides is 2. The normalized spacial score (nSPS) is 18.4. The van der Waals surface area contributed by atoms with E-state index in [1.165, 1.54) is 23.0 Å². The van der Waals surface area contributed by atoms with Crippen LogP contribution in [0.1, 0.15) is 24.0 Å². The topological polar surface area (TPSA) is 70.2 Å². The minimum atomic E-state index is -3.73. The molecule has 32 heavy (non-hydrogen) atoms. The number of piperidine rings is 1. The molecule has 172 valence electrons. The number of aryl methyl sites for hydroxylation is 1. The lowest BCUT2D eigenvalue weighted by Crippen LogP contribution is -2.48. The van der Waals surface area contributed by atoms with Crippen molar-refractivity contribution in [1.82, 2.24) is 14.1 Å². The fourth-order valence-electron chi connectivity index (χ4n) is 4.50. The van der Waals surface area contributed by atoms with Crippen LogP contribution in [-0.4, -0.2) is 67.9 Å². The number of benzene rings is 2. The Morgan fingerprint density at radius 2 is 1.81 bits per heavy atom. The number of nitrogens with zero attached hydrogens (tertiary/aromatic N) is 3. The van der Waals surface area contributed by atoms with E-state index in [0.717, 1.165) is 5.56 Å². The van der Waals surface area contributed by atoms with Gasteiger partial charge < -0.3 is 14.5 Å². The van der Waals surface area contributed by atoms with Crippen LogP contribution in [0.4, 0.5) is 4.79 Å². The highest BCUT2D eigenvalue weighted by atomic mass is 35.5. The number of carbonyl (C=O) groups is 1. The molecule has 7 nitrogen and oxygen atoms in total. The second kappa shape index (κ2) is 9.29. The lowest BCUT2D eigenvalue weighted by atomic mass is 10.1. The Balaban J connectivity index is 1.40. The van der Waals surface area contributed by atoms with Gasteiger partial charge in [-0.25, -0.2) is 13.2 Å². The molecule has 0 atom stereocenters. The summed E-state index contributed by atoms with van der Waals surface area (Å²) in [5.41, 5.74) is 2.30. The van der Waals surface area contributed by atoms with Gasteiger partial charge in [-0.15, -0.1) is 0 Å². The van der Waals surface area contributed by atoms with E-state index in [1.54, 1.807) is 12.1 Å². The quantitative estimate of drug-likeness (QED) is 0.635. The van der Waals surface area contributed by atoms with Gasteiger partial charge in [0.1, 0.15) is 10.6 Å². The van der Waals surface area contributed by atoms with Crippen molar-refractivity contribution in [2.75, 3.05) is 33.3 Å². The van der Waals surface area contributed by atoms with Crippen molar-refractivity contribution >= 4 is 27.7 Å². The molecule has 2 heterocycles. The van der Waals surface area contributed by atoms with E-state index in [2.05, 4.69) is 6.07 Å². The lowest BCUT2D eigenvalue weighted by molar-refractivity contribution is 0.153. The zero-order valence-corrected chi connectivity index (χ0v) is 19.9. The van der Waals surface area contributed by atoms with E-state index >= 15 is 0 Å². The van der Waals surface area contributed by atoms with Gasteiger partial charge in [0.15, 0.2) is 0 Å². The molecule has 0 spiro atoms. The van der Waals surface area contributed by atoms with Gasteiger partial charge in [-0.3, -0.25) is 0 Å². The summed E-state index contributed by atoms with van der Waals surface area (Å²) in [7, 11) is -2.29. The maximum Gasteiger partial charge on any atom is 0.320 e. The van der Waals surface area contributed by atoms with Crippen LogP contribution in [0, 0.1) is 6.92 Å². The molecule has 0 aliphatic carbocycles. The summed E-state index contributed by atoms with van der Waals surface area (Å²) in [4.78, 5) is 16.9. The van der Waals surface area contributed by atoms with Crippen molar-refractivity contribution in [3.63, 3.8) is 0 Å². The summed E-state index contributed by atoms with van der Waals surface area (Å²) >= 11 is 6.04. The van der Waals surface area contributed by atoms with Crippen LogP contribution in [0.15, 0.2) is 47.4 Å². The Morgan fingerprint density at radius 3 is 2.50 bits per heavy atom. The number of hydrogen-bond donors (Lipinski definition) is 0. The summed E-state index contributed by atoms with van der Waals surface area (Å²) in [5.74, 6) is 0.276. The van der Waals surface area contributed by atoms with E-state index in [9.17, 15) is 13.2 Å². The van der Waals surface area contributed by atoms with Crippen LogP contribution in [0.5, 0.6) is 5.75 Å². The van der Waals surface area contributed by atoms with E-state index in [1.807, 2.05) is 34.9 Å². The molecule has 2 aromatic rings. The molecule has 9 heteroatoms. The summed E-state index contributed by atoms with van der Waals surface area (Å²) in [6, 6.07) is 12.9. The van der Waals surface area contributed by atoms with Crippen LogP contribution in [0.3, 0.4) is 0 Å². The van der Waals surface area contributed by atoms with Crippen LogP contribution in [-0.2, 0) is 16.6 Å². The zero-order valence-electron chi connectivity index (χ0n) is 18.3. The largest absolute Gasteiger partial charge is 0.495 e. The third kappa shape index (κ3) is 4.58. The van der Waals surface area contributed by atoms with Gasteiger partial charge in [-0.1, -0.05) is 41.4 Å². The average Bonchev–Trinajstić information content (AvgIpc) is 3.14. The molecule has 2 aromatic carbocycles. The monoisotopic (exact) mass is 477 g/mol. The molecule has 0 unspecified atom stereocenters. The minimum Gasteiger partial charge on any atom is -0.495 e. The number of hydrogen-bond acceptors (Lipinski definition) is 4. The first-order valence-corrected chi connectivity index (χ1v) is 12.6. The predicted octanol–water partition coefficient (Wildman–Crippen LogP) is 3.75. The molecular weight excluding hydrogens is 450 g/mol. The molecule has 2 fully saturated rings. The number of sulfonamides is 1. The highest BCUT2D eigenvalue weighted by Gasteiger charge is 2.38. The summed E-state index contributed by atoms with van der Waals surface area (Å²) in [6.45, 7) is 4.70. The fraction of sp³-hybridized carbons (Fsp3) is 0.435. The summed E-state index contributed by atoms with van der Waals surface area (Å²) < 4.78 is 33.1. The third-order valence-corrected chi connectivity index (χ3v) is 8.35. The van der Waals surface area contributed by atoms with Crippen molar-refractivity contribution in [2.24, 2.45) is 0 Å². The van der Waals surface area contributed by atoms with Crippen molar-refractivity contribution in [3.05, 3.63) is 58.6 Å². The number of carbonyl (C=O) groups excluding carboxylic acids is 1. The number of methoxy groups -OCH3 is 1. The van der Waals surface area contributed by atoms with E-state index in [4.69, 9.17) is 16.3 Å². The first-order valence-electron chi connectivity index (χ1n) is 10.7. The predicted molar refractivity (Wildman–Crippen MR) is 123 cm³/mol. The Labute approximate surface area is 194 Å². The Kier molecular flexibility index (Phi) is 6.65. The molecule has 0 aromatic heterocycles. The Morgan fingerprint density at radius 1 is 1.06 bits per heavy atom. The summed E-state index contributed by atoms with van der Waals surface area (Å²) in [5, 5.41) is 0.343. The smallest absolute Gasteiger partial charge is 0.320 e. The fourth-order valence-corrected chi connectivity index (χ4v) is 6.39. The Hall–Kier alpha value is -2.29. The molecule has 0 saturated carbocycles. The molecule has 2 aliphatic rings. The van der Waals surface area contributed by atoms with Crippen LogP contribution in [0.2, 0.25) is 5.02 Å². The number of rotatable bonds is 6. The zero-order chi connectivity index (χ0) is 22.9. The SMILES string of the molecule is COc1ccc(Cl)cc1S(=O)(=O)N1CCC(N2CCN(Cc3cccc(C)c3)C2=O)CC1. The number of ether oxygens (including phenoxy) is 1. The van der Waals surface area contributed by atoms with E-state index in [0.29, 0.717) is 50.6 Å². The second-order valence-corrected chi connectivity index (χ2v) is 10.7. The second-order valence-electron chi connectivity index (χ2n) is 8.32. The highest BCUT2D eigenvalue weighted by Crippen LogP contribution is 2.32. The van der Waals surface area contributed by atoms with Crippen molar-refractivity contribution in [2.45, 2.75) is 37.2 Å². The number of halogens is 1. The maximum atomic E-state index is 13.2. The van der Waals surface area contributed by atoms with Gasteiger partial charge in [-0.05, 0) is 43.5 Å². The van der Waals surface area contributed by atoms with Gasteiger partial charge in [0.25, 0.3) is 0 Å². The molecular formula is C23H28ClN3O4S. The highest BCUT2D eigenvalue weighted by molar-refractivity contribution is 7.89.